The summed E-state index contributed by atoms with van der Waals surface area (Å²) in [6.45, 7) is 2.84. The zero-order valence-electron chi connectivity index (χ0n) is 14.9. The topological polar surface area (TPSA) is 91.2 Å². The first-order chi connectivity index (χ1) is 13.1. The van der Waals surface area contributed by atoms with Gasteiger partial charge in [-0.05, 0) is 43.2 Å². The minimum absolute atomic E-state index is 0.167. The summed E-state index contributed by atoms with van der Waals surface area (Å²) in [4.78, 5) is 12.2. The highest BCUT2D eigenvalue weighted by Gasteiger charge is 2.32. The number of halogens is 3. The van der Waals surface area contributed by atoms with Gasteiger partial charge in [0.25, 0.3) is 0 Å². The number of aliphatic hydroxyl groups excluding tert-OH is 1. The van der Waals surface area contributed by atoms with Gasteiger partial charge in [0.2, 0.25) is 5.95 Å². The van der Waals surface area contributed by atoms with E-state index in [1.807, 2.05) is 13.0 Å². The fraction of sp³-hybridized carbons (Fsp3) is 0.278. The van der Waals surface area contributed by atoms with Gasteiger partial charge in [-0.15, -0.1) is 11.3 Å². The van der Waals surface area contributed by atoms with Crippen LogP contribution in [0.15, 0.2) is 36.7 Å². The SMILES string of the molecule is Cc1cc(Nc2nccc(C(F)(F)F)n2)cc(-c2cnc(C(C)(O)CO)s2)c1. The van der Waals surface area contributed by atoms with Crippen LogP contribution in [0.5, 0.6) is 0 Å². The Kier molecular flexibility index (Phi) is 5.37. The van der Waals surface area contributed by atoms with E-state index in [0.29, 0.717) is 10.7 Å². The molecule has 10 heteroatoms. The molecule has 0 aliphatic heterocycles. The van der Waals surface area contributed by atoms with E-state index in [0.717, 1.165) is 28.3 Å². The fourth-order valence-corrected chi connectivity index (χ4v) is 3.37. The van der Waals surface area contributed by atoms with Crippen LogP contribution < -0.4 is 5.32 Å². The third-order valence-corrected chi connectivity index (χ3v) is 5.14. The predicted octanol–water partition coefficient (Wildman–Crippen LogP) is 3.87. The highest BCUT2D eigenvalue weighted by Crippen LogP contribution is 2.34. The second kappa shape index (κ2) is 7.46. The number of rotatable bonds is 5. The van der Waals surface area contributed by atoms with Crippen LogP contribution >= 0.6 is 11.3 Å². The molecule has 0 fully saturated rings. The van der Waals surface area contributed by atoms with Crippen LogP contribution in [0.2, 0.25) is 0 Å². The minimum atomic E-state index is -4.56. The van der Waals surface area contributed by atoms with Gasteiger partial charge in [0.1, 0.15) is 16.3 Å². The molecule has 0 saturated heterocycles. The van der Waals surface area contributed by atoms with Crippen LogP contribution in [0, 0.1) is 6.92 Å². The van der Waals surface area contributed by atoms with Crippen molar-refractivity contribution in [1.82, 2.24) is 15.0 Å². The van der Waals surface area contributed by atoms with Crippen LogP contribution in [0.3, 0.4) is 0 Å². The first kappa shape index (κ1) is 20.2. The Morgan fingerprint density at radius 2 is 1.93 bits per heavy atom. The Balaban J connectivity index is 1.91. The summed E-state index contributed by atoms with van der Waals surface area (Å²) in [5.74, 6) is -0.167. The molecule has 3 rings (SSSR count). The molecule has 6 nitrogen and oxygen atoms in total. The van der Waals surface area contributed by atoms with Crippen molar-refractivity contribution in [3.8, 4) is 10.4 Å². The van der Waals surface area contributed by atoms with Gasteiger partial charge in [0.15, 0.2) is 0 Å². The maximum Gasteiger partial charge on any atom is 0.433 e. The van der Waals surface area contributed by atoms with E-state index in [-0.39, 0.29) is 5.95 Å². The Labute approximate surface area is 162 Å². The standard InChI is InChI=1S/C18H17F3N4O2S/c1-10-5-11(13-8-23-15(28-13)17(2,27)9-26)7-12(6-10)24-16-22-4-3-14(25-16)18(19,20)21/h3-8,26-27H,9H2,1-2H3,(H,22,24,25). The lowest BCUT2D eigenvalue weighted by Crippen LogP contribution is -2.25. The number of hydrogen-bond donors (Lipinski definition) is 3. The van der Waals surface area contributed by atoms with Crippen LogP contribution in [0.25, 0.3) is 10.4 Å². The maximum absolute atomic E-state index is 12.8. The third kappa shape index (κ3) is 4.46. The van der Waals surface area contributed by atoms with E-state index >= 15 is 0 Å². The Morgan fingerprint density at radius 1 is 1.18 bits per heavy atom. The summed E-state index contributed by atoms with van der Waals surface area (Å²) in [6.07, 6.45) is -1.94. The summed E-state index contributed by atoms with van der Waals surface area (Å²) in [6, 6.07) is 6.16. The van der Waals surface area contributed by atoms with Crippen molar-refractivity contribution < 1.29 is 23.4 Å². The molecule has 28 heavy (non-hydrogen) atoms. The number of nitrogens with one attached hydrogen (secondary N) is 1. The highest BCUT2D eigenvalue weighted by atomic mass is 32.1. The Bertz CT molecular complexity index is 989. The number of thiazole rings is 1. The zero-order chi connectivity index (χ0) is 20.5. The van der Waals surface area contributed by atoms with Gasteiger partial charge in [-0.1, -0.05) is 6.07 Å². The van der Waals surface area contributed by atoms with Gasteiger partial charge in [-0.3, -0.25) is 0 Å². The number of aromatic nitrogens is 3. The van der Waals surface area contributed by atoms with Gasteiger partial charge in [-0.2, -0.15) is 13.2 Å². The first-order valence-electron chi connectivity index (χ1n) is 8.17. The first-order valence-corrected chi connectivity index (χ1v) is 8.99. The van der Waals surface area contributed by atoms with Crippen molar-refractivity contribution >= 4 is 23.0 Å². The van der Waals surface area contributed by atoms with Crippen molar-refractivity contribution in [3.05, 3.63) is 52.9 Å². The van der Waals surface area contributed by atoms with E-state index < -0.39 is 24.1 Å². The molecule has 0 spiro atoms. The number of aliphatic hydroxyl groups is 2. The smallest absolute Gasteiger partial charge is 0.393 e. The van der Waals surface area contributed by atoms with Gasteiger partial charge in [0, 0.05) is 18.1 Å². The predicted molar refractivity (Wildman–Crippen MR) is 99.3 cm³/mol. The molecule has 3 aromatic rings. The molecule has 0 bridgehead atoms. The average Bonchev–Trinajstić information content (AvgIpc) is 3.12. The molecule has 0 radical (unpaired) electrons. The second-order valence-corrected chi connectivity index (χ2v) is 7.47. The van der Waals surface area contributed by atoms with Crippen molar-refractivity contribution in [2.75, 3.05) is 11.9 Å². The van der Waals surface area contributed by atoms with Crippen LogP contribution in [-0.4, -0.2) is 31.8 Å². The molecule has 0 aliphatic rings. The summed E-state index contributed by atoms with van der Waals surface area (Å²) in [5, 5.41) is 22.6. The molecule has 148 valence electrons. The lowest BCUT2D eigenvalue weighted by molar-refractivity contribution is -0.141. The molecule has 0 amide bonds. The molecule has 0 saturated carbocycles. The quantitative estimate of drug-likeness (QED) is 0.592. The van der Waals surface area contributed by atoms with E-state index in [1.54, 1.807) is 18.3 Å². The minimum Gasteiger partial charge on any atom is -0.393 e. The molecular weight excluding hydrogens is 393 g/mol. The van der Waals surface area contributed by atoms with Crippen LogP contribution in [-0.2, 0) is 11.8 Å². The number of aryl methyl sites for hydroxylation is 1. The lowest BCUT2D eigenvalue weighted by atomic mass is 10.1. The molecule has 0 aliphatic carbocycles. The number of alkyl halides is 3. The molecule has 1 unspecified atom stereocenters. The van der Waals surface area contributed by atoms with Gasteiger partial charge in [0.05, 0.1) is 11.5 Å². The van der Waals surface area contributed by atoms with Crippen molar-refractivity contribution in [2.24, 2.45) is 0 Å². The fourth-order valence-electron chi connectivity index (χ4n) is 2.43. The van der Waals surface area contributed by atoms with Crippen molar-refractivity contribution in [1.29, 1.82) is 0 Å². The third-order valence-electron chi connectivity index (χ3n) is 3.84. The molecule has 2 aromatic heterocycles. The maximum atomic E-state index is 12.8. The number of anilines is 2. The lowest BCUT2D eigenvalue weighted by Gasteiger charge is -2.16. The summed E-state index contributed by atoms with van der Waals surface area (Å²) in [5.41, 5.74) is -0.350. The number of nitrogens with zero attached hydrogens (tertiary/aromatic N) is 3. The monoisotopic (exact) mass is 410 g/mol. The van der Waals surface area contributed by atoms with E-state index in [4.69, 9.17) is 0 Å². The van der Waals surface area contributed by atoms with Crippen molar-refractivity contribution in [2.45, 2.75) is 25.6 Å². The van der Waals surface area contributed by atoms with E-state index in [9.17, 15) is 23.4 Å². The highest BCUT2D eigenvalue weighted by molar-refractivity contribution is 7.15. The average molecular weight is 410 g/mol. The number of benzene rings is 1. The van der Waals surface area contributed by atoms with Crippen molar-refractivity contribution in [3.63, 3.8) is 0 Å². The summed E-state index contributed by atoms with van der Waals surface area (Å²) in [7, 11) is 0. The molecule has 1 aromatic carbocycles. The normalized spacial score (nSPS) is 14.0. The Morgan fingerprint density at radius 3 is 2.61 bits per heavy atom. The molecular formula is C18H17F3N4O2S. The Hall–Kier alpha value is -2.56. The van der Waals surface area contributed by atoms with Gasteiger partial charge >= 0.3 is 6.18 Å². The largest absolute Gasteiger partial charge is 0.433 e. The number of hydrogen-bond acceptors (Lipinski definition) is 7. The van der Waals surface area contributed by atoms with Gasteiger partial charge in [-0.25, -0.2) is 15.0 Å². The molecule has 2 heterocycles. The van der Waals surface area contributed by atoms with Crippen LogP contribution in [0.1, 0.15) is 23.2 Å². The van der Waals surface area contributed by atoms with E-state index in [1.165, 1.54) is 18.3 Å². The van der Waals surface area contributed by atoms with Crippen LogP contribution in [0.4, 0.5) is 24.8 Å². The van der Waals surface area contributed by atoms with E-state index in [2.05, 4.69) is 20.3 Å². The summed E-state index contributed by atoms with van der Waals surface area (Å²) < 4.78 is 38.5. The molecule has 3 N–H and O–H groups in total. The molecule has 1 atom stereocenters. The zero-order valence-corrected chi connectivity index (χ0v) is 15.8. The van der Waals surface area contributed by atoms with Gasteiger partial charge < -0.3 is 15.5 Å². The summed E-state index contributed by atoms with van der Waals surface area (Å²) >= 11 is 1.22. The second-order valence-electron chi connectivity index (χ2n) is 6.44.